The van der Waals surface area contributed by atoms with Crippen molar-refractivity contribution in [2.75, 3.05) is 19.7 Å². The maximum atomic E-state index is 12.4. The lowest BCUT2D eigenvalue weighted by atomic mass is 9.85. The van der Waals surface area contributed by atoms with Gasteiger partial charge >= 0.3 is 0 Å². The molecule has 1 aromatic rings. The molecule has 1 fully saturated rings. The molecule has 1 aliphatic carbocycles. The summed E-state index contributed by atoms with van der Waals surface area (Å²) in [5.41, 5.74) is 5.46. The molecule has 1 unspecified atom stereocenters. The molecule has 0 spiro atoms. The third-order valence-corrected chi connectivity index (χ3v) is 4.49. The van der Waals surface area contributed by atoms with Crippen LogP contribution in [0.1, 0.15) is 25.7 Å². The number of hydrogen-bond donors (Lipinski definition) is 2. The smallest absolute Gasteiger partial charge is 0.227 e. The molecule has 0 bridgehead atoms. The van der Waals surface area contributed by atoms with Crippen LogP contribution in [0.15, 0.2) is 24.3 Å². The van der Waals surface area contributed by atoms with E-state index < -0.39 is 0 Å². The Labute approximate surface area is 124 Å². The molecule has 1 saturated carbocycles. The highest BCUT2D eigenvalue weighted by molar-refractivity contribution is 5.83. The molecule has 2 aliphatic rings. The first kappa shape index (κ1) is 14.2. The molecule has 1 aromatic carbocycles. The Kier molecular flexibility index (Phi) is 4.01. The van der Waals surface area contributed by atoms with Crippen molar-refractivity contribution in [2.24, 2.45) is 11.1 Å². The topological polar surface area (TPSA) is 73.6 Å². The Morgan fingerprint density at radius 2 is 2.00 bits per heavy atom. The lowest BCUT2D eigenvalue weighted by Crippen LogP contribution is -2.48. The minimum atomic E-state index is -0.368. The Balaban J connectivity index is 1.55. The van der Waals surface area contributed by atoms with Crippen LogP contribution >= 0.6 is 0 Å². The number of para-hydroxylation sites is 2. The van der Waals surface area contributed by atoms with Gasteiger partial charge in [-0.3, -0.25) is 4.79 Å². The van der Waals surface area contributed by atoms with Crippen LogP contribution in [-0.2, 0) is 4.79 Å². The van der Waals surface area contributed by atoms with E-state index in [9.17, 15) is 4.79 Å². The van der Waals surface area contributed by atoms with Gasteiger partial charge in [0.2, 0.25) is 5.91 Å². The summed E-state index contributed by atoms with van der Waals surface area (Å²) in [5, 5.41) is 2.99. The van der Waals surface area contributed by atoms with Gasteiger partial charge < -0.3 is 20.5 Å². The quantitative estimate of drug-likeness (QED) is 0.880. The standard InChI is InChI=1S/C16H22N2O3/c17-11-16(7-3-4-8-16)15(19)18-9-12-10-20-13-5-1-2-6-14(13)21-12/h1-2,5-6,12H,3-4,7-11,17H2,(H,18,19). The Hall–Kier alpha value is -1.75. The van der Waals surface area contributed by atoms with Gasteiger partial charge in [-0.05, 0) is 25.0 Å². The third kappa shape index (κ3) is 2.83. The van der Waals surface area contributed by atoms with E-state index in [0.717, 1.165) is 37.2 Å². The van der Waals surface area contributed by atoms with Crippen molar-refractivity contribution >= 4 is 5.91 Å². The summed E-state index contributed by atoms with van der Waals surface area (Å²) in [7, 11) is 0. The van der Waals surface area contributed by atoms with Crippen LogP contribution < -0.4 is 20.5 Å². The van der Waals surface area contributed by atoms with Gasteiger partial charge in [0.15, 0.2) is 11.5 Å². The second kappa shape index (κ2) is 5.93. The van der Waals surface area contributed by atoms with Gasteiger partial charge in [0.1, 0.15) is 12.7 Å². The number of benzene rings is 1. The highest BCUT2D eigenvalue weighted by atomic mass is 16.6. The van der Waals surface area contributed by atoms with E-state index in [1.165, 1.54) is 0 Å². The average molecular weight is 290 g/mol. The molecule has 5 nitrogen and oxygen atoms in total. The Morgan fingerprint density at radius 1 is 1.29 bits per heavy atom. The van der Waals surface area contributed by atoms with Crippen LogP contribution in [0, 0.1) is 5.41 Å². The van der Waals surface area contributed by atoms with Crippen LogP contribution in [0.3, 0.4) is 0 Å². The van der Waals surface area contributed by atoms with Crippen molar-refractivity contribution in [3.63, 3.8) is 0 Å². The van der Waals surface area contributed by atoms with Gasteiger partial charge in [-0.1, -0.05) is 25.0 Å². The first-order valence-corrected chi connectivity index (χ1v) is 7.60. The van der Waals surface area contributed by atoms with Crippen LogP contribution in [0.25, 0.3) is 0 Å². The van der Waals surface area contributed by atoms with Crippen LogP contribution in [0.5, 0.6) is 11.5 Å². The van der Waals surface area contributed by atoms with E-state index in [1.54, 1.807) is 0 Å². The summed E-state index contributed by atoms with van der Waals surface area (Å²) in [5.74, 6) is 1.55. The average Bonchev–Trinajstić information content (AvgIpc) is 3.02. The van der Waals surface area contributed by atoms with Crippen molar-refractivity contribution in [1.82, 2.24) is 5.32 Å². The minimum absolute atomic E-state index is 0.0601. The van der Waals surface area contributed by atoms with E-state index in [0.29, 0.717) is 19.7 Å². The van der Waals surface area contributed by atoms with Crippen molar-refractivity contribution in [1.29, 1.82) is 0 Å². The molecular formula is C16H22N2O3. The molecule has 1 heterocycles. The highest BCUT2D eigenvalue weighted by Gasteiger charge is 2.40. The van der Waals surface area contributed by atoms with E-state index in [-0.39, 0.29) is 17.4 Å². The number of amides is 1. The minimum Gasteiger partial charge on any atom is -0.486 e. The maximum absolute atomic E-state index is 12.4. The van der Waals surface area contributed by atoms with Gasteiger partial charge in [-0.2, -0.15) is 0 Å². The van der Waals surface area contributed by atoms with Crippen LogP contribution in [0.4, 0.5) is 0 Å². The van der Waals surface area contributed by atoms with E-state index in [4.69, 9.17) is 15.2 Å². The van der Waals surface area contributed by atoms with Gasteiger partial charge in [0.05, 0.1) is 12.0 Å². The summed E-state index contributed by atoms with van der Waals surface area (Å²) in [6.07, 6.45) is 3.79. The predicted octanol–water partition coefficient (Wildman–Crippen LogP) is 1.46. The molecule has 114 valence electrons. The van der Waals surface area contributed by atoms with Crippen LogP contribution in [-0.4, -0.2) is 31.7 Å². The molecule has 0 aromatic heterocycles. The van der Waals surface area contributed by atoms with Gasteiger partial charge in [-0.15, -0.1) is 0 Å². The number of ether oxygens (including phenoxy) is 2. The zero-order valence-corrected chi connectivity index (χ0v) is 12.1. The highest BCUT2D eigenvalue weighted by Crippen LogP contribution is 2.37. The van der Waals surface area contributed by atoms with E-state index >= 15 is 0 Å². The van der Waals surface area contributed by atoms with Crippen molar-refractivity contribution < 1.29 is 14.3 Å². The number of carbonyl (C=O) groups excluding carboxylic acids is 1. The molecule has 1 aliphatic heterocycles. The molecule has 0 radical (unpaired) electrons. The van der Waals surface area contributed by atoms with Crippen LogP contribution in [0.2, 0.25) is 0 Å². The fourth-order valence-corrected chi connectivity index (χ4v) is 3.13. The number of nitrogens with one attached hydrogen (secondary N) is 1. The second-order valence-corrected chi connectivity index (χ2v) is 5.90. The van der Waals surface area contributed by atoms with Crippen molar-refractivity contribution in [2.45, 2.75) is 31.8 Å². The zero-order chi connectivity index (χ0) is 14.7. The molecule has 5 heteroatoms. The second-order valence-electron chi connectivity index (χ2n) is 5.90. The molecular weight excluding hydrogens is 268 g/mol. The first-order valence-electron chi connectivity index (χ1n) is 7.60. The first-order chi connectivity index (χ1) is 10.2. The lowest BCUT2D eigenvalue weighted by molar-refractivity contribution is -0.130. The third-order valence-electron chi connectivity index (χ3n) is 4.49. The summed E-state index contributed by atoms with van der Waals surface area (Å²) in [4.78, 5) is 12.4. The van der Waals surface area contributed by atoms with Gasteiger partial charge in [0.25, 0.3) is 0 Å². The Morgan fingerprint density at radius 3 is 2.71 bits per heavy atom. The fraction of sp³-hybridized carbons (Fsp3) is 0.562. The lowest BCUT2D eigenvalue weighted by Gasteiger charge is -2.29. The summed E-state index contributed by atoms with van der Waals surface area (Å²) < 4.78 is 11.5. The predicted molar refractivity (Wildman–Crippen MR) is 79.3 cm³/mol. The van der Waals surface area contributed by atoms with Crippen molar-refractivity contribution in [3.05, 3.63) is 24.3 Å². The van der Waals surface area contributed by atoms with Crippen molar-refractivity contribution in [3.8, 4) is 11.5 Å². The summed E-state index contributed by atoms with van der Waals surface area (Å²) >= 11 is 0. The summed E-state index contributed by atoms with van der Waals surface area (Å²) in [6.45, 7) is 1.32. The number of carbonyl (C=O) groups is 1. The zero-order valence-electron chi connectivity index (χ0n) is 12.1. The van der Waals surface area contributed by atoms with Gasteiger partial charge in [0, 0.05) is 6.54 Å². The Bertz CT molecular complexity index is 512. The fourth-order valence-electron chi connectivity index (χ4n) is 3.13. The molecule has 1 amide bonds. The van der Waals surface area contributed by atoms with E-state index in [1.807, 2.05) is 24.3 Å². The number of fused-ring (bicyclic) bond motifs is 1. The SMILES string of the molecule is NCC1(C(=O)NCC2COc3ccccc3O2)CCCC1. The molecule has 21 heavy (non-hydrogen) atoms. The number of hydrogen-bond acceptors (Lipinski definition) is 4. The molecule has 3 N–H and O–H groups in total. The number of rotatable bonds is 4. The molecule has 1 atom stereocenters. The van der Waals surface area contributed by atoms with Gasteiger partial charge in [-0.25, -0.2) is 0 Å². The normalized spacial score (nSPS) is 22.8. The monoisotopic (exact) mass is 290 g/mol. The largest absolute Gasteiger partial charge is 0.486 e. The summed E-state index contributed by atoms with van der Waals surface area (Å²) in [6, 6.07) is 7.58. The maximum Gasteiger partial charge on any atom is 0.227 e. The van der Waals surface area contributed by atoms with E-state index in [2.05, 4.69) is 5.32 Å². The molecule has 3 rings (SSSR count). The molecule has 0 saturated heterocycles. The number of nitrogens with two attached hydrogens (primary N) is 1.